The first-order valence-corrected chi connectivity index (χ1v) is 11.6. The first kappa shape index (κ1) is 31.0. The molecule has 1 rings (SSSR count). The lowest BCUT2D eigenvalue weighted by Gasteiger charge is -2.24. The van der Waals surface area contributed by atoms with E-state index in [2.05, 4.69) is 10.6 Å². The van der Waals surface area contributed by atoms with Crippen molar-refractivity contribution < 1.29 is 39.0 Å². The molecule has 37 heavy (non-hydrogen) atoms. The van der Waals surface area contributed by atoms with Crippen molar-refractivity contribution in [2.24, 2.45) is 17.2 Å². The molecule has 4 unspecified atom stereocenters. The fourth-order valence-electron chi connectivity index (χ4n) is 3.31. The van der Waals surface area contributed by atoms with Gasteiger partial charge in [0.15, 0.2) is 0 Å². The number of carboxylic acids is 2. The van der Waals surface area contributed by atoms with Crippen molar-refractivity contribution in [1.29, 1.82) is 0 Å². The standard InChI is InChI=1S/C23H34N6O8/c24-9-5-4-8-14(25)20(33)27-15(10-13-6-2-1-3-7-13)21(34)28-16(11-18(26)30)22(35)29-17(23(36)37)12-19(31)32/h1-3,6-7,14-17H,4-5,8-12,24-25H2,(H2,26,30)(H,27,33)(H,28,34)(H,29,35)(H,31,32)(H,36,37). The van der Waals surface area contributed by atoms with Crippen LogP contribution in [0.15, 0.2) is 30.3 Å². The molecule has 0 saturated heterocycles. The molecule has 14 heteroatoms. The molecular formula is C23H34N6O8. The van der Waals surface area contributed by atoms with E-state index in [-0.39, 0.29) is 6.42 Å². The quantitative estimate of drug-likeness (QED) is 0.100. The average Bonchev–Trinajstić information content (AvgIpc) is 2.82. The van der Waals surface area contributed by atoms with E-state index in [1.165, 1.54) is 0 Å². The van der Waals surface area contributed by atoms with E-state index in [1.54, 1.807) is 30.3 Å². The molecule has 0 aliphatic carbocycles. The molecule has 1 aromatic rings. The van der Waals surface area contributed by atoms with Crippen LogP contribution in [0, 0.1) is 0 Å². The molecule has 0 fully saturated rings. The summed E-state index contributed by atoms with van der Waals surface area (Å²) < 4.78 is 0. The minimum absolute atomic E-state index is 0.00953. The number of amides is 4. The fraction of sp³-hybridized carbons (Fsp3) is 0.478. The highest BCUT2D eigenvalue weighted by Crippen LogP contribution is 2.07. The van der Waals surface area contributed by atoms with Gasteiger partial charge in [0, 0.05) is 6.42 Å². The van der Waals surface area contributed by atoms with Gasteiger partial charge in [-0.1, -0.05) is 36.8 Å². The number of benzene rings is 1. The first-order chi connectivity index (χ1) is 17.4. The van der Waals surface area contributed by atoms with E-state index in [0.717, 1.165) is 0 Å². The zero-order chi connectivity index (χ0) is 28.0. The number of carboxylic acid groups (broad SMARTS) is 2. The Labute approximate surface area is 213 Å². The van der Waals surface area contributed by atoms with Crippen LogP contribution in [0.2, 0.25) is 0 Å². The molecule has 204 valence electrons. The highest BCUT2D eigenvalue weighted by molar-refractivity contribution is 5.96. The lowest BCUT2D eigenvalue weighted by molar-refractivity contribution is -0.147. The molecule has 0 bridgehead atoms. The van der Waals surface area contributed by atoms with Crippen molar-refractivity contribution in [3.8, 4) is 0 Å². The molecule has 14 nitrogen and oxygen atoms in total. The Morgan fingerprint density at radius 2 is 1.35 bits per heavy atom. The maximum absolute atomic E-state index is 13.1. The molecule has 0 spiro atoms. The average molecular weight is 523 g/mol. The van der Waals surface area contributed by atoms with E-state index in [4.69, 9.17) is 22.3 Å². The van der Waals surface area contributed by atoms with Crippen LogP contribution in [0.5, 0.6) is 0 Å². The summed E-state index contributed by atoms with van der Waals surface area (Å²) in [5.41, 5.74) is 17.2. The van der Waals surface area contributed by atoms with Crippen LogP contribution < -0.4 is 33.2 Å². The summed E-state index contributed by atoms with van der Waals surface area (Å²) in [6.07, 6.45) is -0.0412. The SMILES string of the molecule is NCCCCC(N)C(=O)NC(Cc1ccccc1)C(=O)NC(CC(N)=O)C(=O)NC(CC(=O)O)C(=O)O. The number of nitrogens with one attached hydrogen (secondary N) is 3. The molecule has 4 atom stereocenters. The maximum atomic E-state index is 13.1. The van der Waals surface area contributed by atoms with Gasteiger partial charge in [-0.15, -0.1) is 0 Å². The van der Waals surface area contributed by atoms with Gasteiger partial charge in [-0.3, -0.25) is 24.0 Å². The number of unbranched alkanes of at least 4 members (excludes halogenated alkanes) is 1. The third-order valence-electron chi connectivity index (χ3n) is 5.25. The number of carbonyl (C=O) groups excluding carboxylic acids is 4. The number of carbonyl (C=O) groups is 6. The normalized spacial score (nSPS) is 13.9. The minimum Gasteiger partial charge on any atom is -0.481 e. The van der Waals surface area contributed by atoms with Crippen molar-refractivity contribution in [3.05, 3.63) is 35.9 Å². The highest BCUT2D eigenvalue weighted by Gasteiger charge is 2.32. The van der Waals surface area contributed by atoms with Crippen molar-refractivity contribution >= 4 is 35.6 Å². The lowest BCUT2D eigenvalue weighted by atomic mass is 10.0. The van der Waals surface area contributed by atoms with Crippen LogP contribution in [0.25, 0.3) is 0 Å². The fourth-order valence-corrected chi connectivity index (χ4v) is 3.31. The summed E-state index contributed by atoms with van der Waals surface area (Å²) in [5, 5.41) is 24.9. The molecule has 0 heterocycles. The highest BCUT2D eigenvalue weighted by atomic mass is 16.4. The minimum atomic E-state index is -1.82. The van der Waals surface area contributed by atoms with Gasteiger partial charge in [0.25, 0.3) is 0 Å². The van der Waals surface area contributed by atoms with Crippen molar-refractivity contribution in [3.63, 3.8) is 0 Å². The Hall–Kier alpha value is -4.04. The zero-order valence-corrected chi connectivity index (χ0v) is 20.2. The van der Waals surface area contributed by atoms with E-state index >= 15 is 0 Å². The Kier molecular flexibility index (Phi) is 13.3. The largest absolute Gasteiger partial charge is 0.481 e. The van der Waals surface area contributed by atoms with Crippen molar-refractivity contribution in [2.45, 2.75) is 62.7 Å². The predicted molar refractivity (Wildman–Crippen MR) is 131 cm³/mol. The third-order valence-corrected chi connectivity index (χ3v) is 5.25. The Balaban J connectivity index is 3.08. The van der Waals surface area contributed by atoms with Gasteiger partial charge in [-0.05, 0) is 24.9 Å². The van der Waals surface area contributed by atoms with Gasteiger partial charge in [0.2, 0.25) is 23.6 Å². The third kappa shape index (κ3) is 12.0. The van der Waals surface area contributed by atoms with Gasteiger partial charge in [-0.25, -0.2) is 4.79 Å². The van der Waals surface area contributed by atoms with Crippen molar-refractivity contribution in [2.75, 3.05) is 6.54 Å². The van der Waals surface area contributed by atoms with Gasteiger partial charge in [0.05, 0.1) is 18.9 Å². The van der Waals surface area contributed by atoms with Crippen LogP contribution in [0.1, 0.15) is 37.7 Å². The van der Waals surface area contributed by atoms with Gasteiger partial charge < -0.3 is 43.4 Å². The van der Waals surface area contributed by atoms with Gasteiger partial charge in [-0.2, -0.15) is 0 Å². The second-order valence-corrected chi connectivity index (χ2v) is 8.37. The monoisotopic (exact) mass is 522 g/mol. The molecule has 4 amide bonds. The van der Waals surface area contributed by atoms with E-state index in [1.807, 2.05) is 5.32 Å². The molecule has 0 radical (unpaired) electrons. The number of hydrogen-bond donors (Lipinski definition) is 8. The van der Waals surface area contributed by atoms with E-state index in [0.29, 0.717) is 31.4 Å². The summed E-state index contributed by atoms with van der Waals surface area (Å²) in [5.74, 6) is -6.72. The Morgan fingerprint density at radius 1 is 0.784 bits per heavy atom. The Morgan fingerprint density at radius 3 is 1.89 bits per heavy atom. The first-order valence-electron chi connectivity index (χ1n) is 11.6. The molecule has 0 saturated carbocycles. The second-order valence-electron chi connectivity index (χ2n) is 8.37. The number of aliphatic carboxylic acids is 2. The lowest BCUT2D eigenvalue weighted by Crippen LogP contribution is -2.58. The topological polar surface area (TPSA) is 257 Å². The summed E-state index contributed by atoms with van der Waals surface area (Å²) in [6.45, 7) is 0.436. The van der Waals surface area contributed by atoms with Gasteiger partial charge in [0.1, 0.15) is 18.1 Å². The summed E-state index contributed by atoms with van der Waals surface area (Å²) in [4.78, 5) is 72.2. The smallest absolute Gasteiger partial charge is 0.326 e. The second kappa shape index (κ2) is 15.9. The van der Waals surface area contributed by atoms with Crippen LogP contribution in [-0.4, -0.2) is 76.5 Å². The molecule has 0 aliphatic rings. The number of nitrogens with two attached hydrogens (primary N) is 3. The van der Waals surface area contributed by atoms with E-state index in [9.17, 15) is 33.9 Å². The molecule has 0 aromatic heterocycles. The summed E-state index contributed by atoms with van der Waals surface area (Å²) in [7, 11) is 0. The number of rotatable bonds is 17. The van der Waals surface area contributed by atoms with E-state index < -0.39 is 72.6 Å². The molecule has 11 N–H and O–H groups in total. The molecule has 0 aliphatic heterocycles. The number of hydrogen-bond acceptors (Lipinski definition) is 8. The van der Waals surface area contributed by atoms with Crippen LogP contribution in [-0.2, 0) is 35.2 Å². The summed E-state index contributed by atoms with van der Waals surface area (Å²) in [6, 6.07) is 3.05. The zero-order valence-electron chi connectivity index (χ0n) is 20.2. The predicted octanol–water partition coefficient (Wildman–Crippen LogP) is -2.43. The Bertz CT molecular complexity index is 958. The van der Waals surface area contributed by atoms with Crippen LogP contribution in [0.3, 0.4) is 0 Å². The number of primary amides is 1. The van der Waals surface area contributed by atoms with Gasteiger partial charge >= 0.3 is 11.9 Å². The molecular weight excluding hydrogens is 488 g/mol. The summed E-state index contributed by atoms with van der Waals surface area (Å²) >= 11 is 0. The van der Waals surface area contributed by atoms with Crippen molar-refractivity contribution in [1.82, 2.24) is 16.0 Å². The van der Waals surface area contributed by atoms with Crippen LogP contribution >= 0.6 is 0 Å². The maximum Gasteiger partial charge on any atom is 0.326 e. The van der Waals surface area contributed by atoms with Crippen LogP contribution in [0.4, 0.5) is 0 Å². The molecule has 1 aromatic carbocycles.